The van der Waals surface area contributed by atoms with Gasteiger partial charge in [-0.25, -0.2) is 0 Å². The van der Waals surface area contributed by atoms with E-state index in [0.717, 1.165) is 13.1 Å². The summed E-state index contributed by atoms with van der Waals surface area (Å²) in [5, 5.41) is 11.2. The minimum atomic E-state index is -0.305. The molecule has 1 heterocycles. The second kappa shape index (κ2) is 5.91. The zero-order valence-electron chi connectivity index (χ0n) is 13.7. The predicted octanol–water partition coefficient (Wildman–Crippen LogP) is 3.80. The molecule has 5 nitrogen and oxygen atoms in total. The van der Waals surface area contributed by atoms with E-state index in [1.807, 2.05) is 12.1 Å². The number of nitrogens with zero attached hydrogens (tertiary/aromatic N) is 3. The van der Waals surface area contributed by atoms with Gasteiger partial charge >= 0.3 is 0 Å². The summed E-state index contributed by atoms with van der Waals surface area (Å²) >= 11 is 0. The van der Waals surface area contributed by atoms with Gasteiger partial charge in [-0.2, -0.15) is 0 Å². The van der Waals surface area contributed by atoms with Gasteiger partial charge in [0.15, 0.2) is 0 Å². The standard InChI is InChI=1S/C18H21N3O2/c1-13-10-14(2)18(15(3)11-13)20-9-8-19(12-20)16-6-4-5-7-17(16)21(22)23/h4-7,10-11H,8-9,12H2,1-3H3. The first-order valence-corrected chi connectivity index (χ1v) is 7.78. The van der Waals surface area contributed by atoms with Crippen molar-refractivity contribution in [1.82, 2.24) is 0 Å². The van der Waals surface area contributed by atoms with E-state index in [0.29, 0.717) is 12.4 Å². The zero-order valence-corrected chi connectivity index (χ0v) is 13.7. The SMILES string of the molecule is Cc1cc(C)c(N2CCN(c3ccccc3[N+](=O)[O-])C2)c(C)c1. The summed E-state index contributed by atoms with van der Waals surface area (Å²) in [4.78, 5) is 15.3. The number of nitro benzene ring substituents is 1. The third kappa shape index (κ3) is 2.86. The minimum absolute atomic E-state index is 0.173. The first kappa shape index (κ1) is 15.3. The van der Waals surface area contributed by atoms with Crippen LogP contribution in [-0.2, 0) is 0 Å². The van der Waals surface area contributed by atoms with Crippen LogP contribution in [0.2, 0.25) is 0 Å². The van der Waals surface area contributed by atoms with Crippen molar-refractivity contribution in [3.8, 4) is 0 Å². The Kier molecular flexibility index (Phi) is 3.94. The maximum absolute atomic E-state index is 11.2. The summed E-state index contributed by atoms with van der Waals surface area (Å²) in [7, 11) is 0. The summed E-state index contributed by atoms with van der Waals surface area (Å²) < 4.78 is 0. The number of benzene rings is 2. The number of hydrogen-bond donors (Lipinski definition) is 0. The Labute approximate surface area is 136 Å². The molecule has 2 aromatic carbocycles. The fraction of sp³-hybridized carbons (Fsp3) is 0.333. The molecule has 0 N–H and O–H groups in total. The zero-order chi connectivity index (χ0) is 16.6. The van der Waals surface area contributed by atoms with Gasteiger partial charge in [0.05, 0.1) is 11.6 Å². The molecule has 0 saturated carbocycles. The van der Waals surface area contributed by atoms with E-state index in [9.17, 15) is 10.1 Å². The molecule has 0 aromatic heterocycles. The molecule has 0 atom stereocenters. The highest BCUT2D eigenvalue weighted by molar-refractivity contribution is 5.67. The molecule has 5 heteroatoms. The molecule has 1 saturated heterocycles. The molecule has 3 rings (SSSR count). The lowest BCUT2D eigenvalue weighted by atomic mass is 10.0. The summed E-state index contributed by atoms with van der Waals surface area (Å²) in [6.45, 7) is 8.70. The van der Waals surface area contributed by atoms with Crippen LogP contribution in [0.25, 0.3) is 0 Å². The van der Waals surface area contributed by atoms with Gasteiger partial charge in [0.25, 0.3) is 5.69 Å². The van der Waals surface area contributed by atoms with Gasteiger partial charge < -0.3 is 9.80 Å². The van der Waals surface area contributed by atoms with Crippen molar-refractivity contribution in [3.63, 3.8) is 0 Å². The van der Waals surface area contributed by atoms with Crippen molar-refractivity contribution in [2.75, 3.05) is 29.6 Å². The molecule has 0 amide bonds. The van der Waals surface area contributed by atoms with E-state index in [1.165, 1.54) is 22.4 Å². The molecule has 1 fully saturated rings. The lowest BCUT2D eigenvalue weighted by Gasteiger charge is -2.24. The van der Waals surface area contributed by atoms with Crippen LogP contribution in [0, 0.1) is 30.9 Å². The first-order chi connectivity index (χ1) is 11.0. The van der Waals surface area contributed by atoms with Gasteiger partial charge in [-0.1, -0.05) is 29.8 Å². The Balaban J connectivity index is 1.89. The molecule has 0 spiro atoms. The van der Waals surface area contributed by atoms with Gasteiger partial charge in [-0.3, -0.25) is 10.1 Å². The number of nitro groups is 1. The average Bonchev–Trinajstić information content (AvgIpc) is 2.95. The van der Waals surface area contributed by atoms with Crippen molar-refractivity contribution >= 4 is 17.1 Å². The molecule has 2 aromatic rings. The summed E-state index contributed by atoms with van der Waals surface area (Å²) in [6.07, 6.45) is 0. The van der Waals surface area contributed by atoms with Crippen LogP contribution in [0.5, 0.6) is 0 Å². The fourth-order valence-corrected chi connectivity index (χ4v) is 3.53. The fourth-order valence-electron chi connectivity index (χ4n) is 3.53. The molecule has 120 valence electrons. The number of anilines is 2. The van der Waals surface area contributed by atoms with Crippen molar-refractivity contribution in [3.05, 3.63) is 63.2 Å². The van der Waals surface area contributed by atoms with Crippen molar-refractivity contribution in [2.45, 2.75) is 20.8 Å². The summed E-state index contributed by atoms with van der Waals surface area (Å²) in [5.74, 6) is 0. The van der Waals surface area contributed by atoms with Gasteiger partial charge in [0, 0.05) is 24.8 Å². The van der Waals surface area contributed by atoms with Gasteiger partial charge in [0.2, 0.25) is 0 Å². The summed E-state index contributed by atoms with van der Waals surface area (Å²) in [5.41, 5.74) is 5.89. The summed E-state index contributed by atoms with van der Waals surface area (Å²) in [6, 6.07) is 11.3. The van der Waals surface area contributed by atoms with Gasteiger partial charge in [-0.15, -0.1) is 0 Å². The van der Waals surface area contributed by atoms with E-state index in [4.69, 9.17) is 0 Å². The number of rotatable bonds is 3. The third-order valence-electron chi connectivity index (χ3n) is 4.35. The van der Waals surface area contributed by atoms with Crippen LogP contribution in [0.1, 0.15) is 16.7 Å². The molecule has 0 radical (unpaired) electrons. The van der Waals surface area contributed by atoms with Crippen LogP contribution in [0.4, 0.5) is 17.1 Å². The first-order valence-electron chi connectivity index (χ1n) is 7.78. The average molecular weight is 311 g/mol. The Morgan fingerprint density at radius 1 is 1.00 bits per heavy atom. The minimum Gasteiger partial charge on any atom is -0.352 e. The Morgan fingerprint density at radius 3 is 2.26 bits per heavy atom. The topological polar surface area (TPSA) is 49.6 Å². The second-order valence-corrected chi connectivity index (χ2v) is 6.16. The van der Waals surface area contributed by atoms with Gasteiger partial charge in [-0.05, 0) is 38.0 Å². The molecular weight excluding hydrogens is 290 g/mol. The van der Waals surface area contributed by atoms with Crippen LogP contribution >= 0.6 is 0 Å². The van der Waals surface area contributed by atoms with Crippen LogP contribution in [0.3, 0.4) is 0 Å². The van der Waals surface area contributed by atoms with E-state index in [2.05, 4.69) is 42.7 Å². The molecule has 0 unspecified atom stereocenters. The monoisotopic (exact) mass is 311 g/mol. The highest BCUT2D eigenvalue weighted by atomic mass is 16.6. The Morgan fingerprint density at radius 2 is 1.61 bits per heavy atom. The maximum Gasteiger partial charge on any atom is 0.292 e. The number of aryl methyl sites for hydroxylation is 3. The second-order valence-electron chi connectivity index (χ2n) is 6.16. The van der Waals surface area contributed by atoms with Gasteiger partial charge in [0.1, 0.15) is 5.69 Å². The van der Waals surface area contributed by atoms with E-state index in [1.54, 1.807) is 12.1 Å². The normalized spacial score (nSPS) is 14.4. The highest BCUT2D eigenvalue weighted by Gasteiger charge is 2.27. The Hall–Kier alpha value is -2.56. The van der Waals surface area contributed by atoms with E-state index >= 15 is 0 Å². The Bertz CT molecular complexity index is 735. The molecular formula is C18H21N3O2. The quantitative estimate of drug-likeness (QED) is 0.639. The van der Waals surface area contributed by atoms with Crippen LogP contribution in [-0.4, -0.2) is 24.7 Å². The molecule has 0 aliphatic carbocycles. The number of para-hydroxylation sites is 2. The molecule has 0 bridgehead atoms. The largest absolute Gasteiger partial charge is 0.352 e. The third-order valence-corrected chi connectivity index (χ3v) is 4.35. The van der Waals surface area contributed by atoms with Crippen molar-refractivity contribution in [2.24, 2.45) is 0 Å². The van der Waals surface area contributed by atoms with Crippen LogP contribution < -0.4 is 9.80 Å². The van der Waals surface area contributed by atoms with Crippen molar-refractivity contribution < 1.29 is 4.92 Å². The van der Waals surface area contributed by atoms with E-state index in [-0.39, 0.29) is 10.6 Å². The molecule has 1 aliphatic heterocycles. The molecule has 23 heavy (non-hydrogen) atoms. The predicted molar refractivity (Wildman–Crippen MR) is 93.3 cm³/mol. The lowest BCUT2D eigenvalue weighted by Crippen LogP contribution is -2.26. The number of hydrogen-bond acceptors (Lipinski definition) is 4. The lowest BCUT2D eigenvalue weighted by molar-refractivity contribution is -0.384. The molecule has 1 aliphatic rings. The highest BCUT2D eigenvalue weighted by Crippen LogP contribution is 2.33. The van der Waals surface area contributed by atoms with Crippen molar-refractivity contribution in [1.29, 1.82) is 0 Å². The van der Waals surface area contributed by atoms with E-state index < -0.39 is 0 Å². The maximum atomic E-state index is 11.2. The smallest absolute Gasteiger partial charge is 0.292 e. The van der Waals surface area contributed by atoms with Crippen LogP contribution in [0.15, 0.2) is 36.4 Å².